The van der Waals surface area contributed by atoms with Crippen molar-refractivity contribution in [1.82, 2.24) is 14.9 Å². The molecular weight excluding hydrogens is 204 g/mol. The summed E-state index contributed by atoms with van der Waals surface area (Å²) in [7, 11) is 1.85. The first-order chi connectivity index (χ1) is 6.66. The summed E-state index contributed by atoms with van der Waals surface area (Å²) in [6.45, 7) is 0.917. The summed E-state index contributed by atoms with van der Waals surface area (Å²) in [5.74, 6) is 0.431. The van der Waals surface area contributed by atoms with Crippen molar-refractivity contribution in [3.05, 3.63) is 17.0 Å². The smallest absolute Gasteiger partial charge is 0.239 e. The van der Waals surface area contributed by atoms with E-state index in [1.54, 1.807) is 0 Å². The van der Waals surface area contributed by atoms with E-state index >= 15 is 0 Å². The molecule has 0 bridgehead atoms. The fourth-order valence-corrected chi connectivity index (χ4v) is 1.57. The van der Waals surface area contributed by atoms with Crippen LogP contribution in [-0.4, -0.2) is 34.4 Å². The van der Waals surface area contributed by atoms with Gasteiger partial charge in [-0.25, -0.2) is 9.97 Å². The highest BCUT2D eigenvalue weighted by molar-refractivity contribution is 6.30. The Kier molecular flexibility index (Phi) is 2.35. The molecule has 0 atom stereocenters. The lowest BCUT2D eigenvalue weighted by Crippen LogP contribution is -2.26. The molecule has 0 aromatic carbocycles. The Bertz CT molecular complexity index is 382. The van der Waals surface area contributed by atoms with Crippen LogP contribution in [0, 0.1) is 0 Å². The lowest BCUT2D eigenvalue weighted by Gasteiger charge is -2.11. The van der Waals surface area contributed by atoms with E-state index in [2.05, 4.69) is 15.3 Å². The van der Waals surface area contributed by atoms with E-state index in [0.717, 1.165) is 5.56 Å². The number of carbonyl (C=O) groups is 1. The van der Waals surface area contributed by atoms with Crippen LogP contribution in [-0.2, 0) is 11.3 Å². The third-order valence-electron chi connectivity index (χ3n) is 1.99. The molecule has 1 aromatic rings. The molecule has 0 spiro atoms. The van der Waals surface area contributed by atoms with Crippen LogP contribution in [0.5, 0.6) is 0 Å². The fraction of sp³-hybridized carbons (Fsp3) is 0.375. The number of anilines is 1. The molecule has 0 saturated heterocycles. The molecule has 0 fully saturated rings. The minimum atomic E-state index is -0.0824. The SMILES string of the molecule is CN1CC(=O)Nc2ncnc(Cl)c2C1. The van der Waals surface area contributed by atoms with E-state index < -0.39 is 0 Å². The Morgan fingerprint density at radius 2 is 2.29 bits per heavy atom. The maximum atomic E-state index is 11.3. The summed E-state index contributed by atoms with van der Waals surface area (Å²) < 4.78 is 0. The van der Waals surface area contributed by atoms with Crippen molar-refractivity contribution in [2.24, 2.45) is 0 Å². The average molecular weight is 213 g/mol. The number of aromatic nitrogens is 2. The quantitative estimate of drug-likeness (QED) is 0.637. The van der Waals surface area contributed by atoms with Gasteiger partial charge in [-0.3, -0.25) is 9.69 Å². The number of hydrogen-bond donors (Lipinski definition) is 1. The molecule has 74 valence electrons. The molecule has 0 aliphatic carbocycles. The van der Waals surface area contributed by atoms with Crippen molar-refractivity contribution in [3.8, 4) is 0 Å². The van der Waals surface area contributed by atoms with Crippen LogP contribution in [0.2, 0.25) is 5.15 Å². The molecule has 1 aromatic heterocycles. The monoisotopic (exact) mass is 212 g/mol. The molecule has 1 N–H and O–H groups in total. The van der Waals surface area contributed by atoms with Crippen LogP contribution >= 0.6 is 11.6 Å². The predicted octanol–water partition coefficient (Wildman–Crippen LogP) is 0.514. The van der Waals surface area contributed by atoms with E-state index in [1.807, 2.05) is 11.9 Å². The Morgan fingerprint density at radius 3 is 3.07 bits per heavy atom. The van der Waals surface area contributed by atoms with Gasteiger partial charge >= 0.3 is 0 Å². The van der Waals surface area contributed by atoms with Crippen molar-refractivity contribution in [1.29, 1.82) is 0 Å². The zero-order valence-corrected chi connectivity index (χ0v) is 8.38. The van der Waals surface area contributed by atoms with Gasteiger partial charge in [0, 0.05) is 12.1 Å². The first-order valence-corrected chi connectivity index (χ1v) is 4.52. The molecule has 14 heavy (non-hydrogen) atoms. The van der Waals surface area contributed by atoms with Gasteiger partial charge in [-0.1, -0.05) is 11.6 Å². The second kappa shape index (κ2) is 3.51. The first-order valence-electron chi connectivity index (χ1n) is 4.14. The number of nitrogens with one attached hydrogen (secondary N) is 1. The van der Waals surface area contributed by atoms with E-state index in [9.17, 15) is 4.79 Å². The normalized spacial score (nSPS) is 17.1. The van der Waals surface area contributed by atoms with E-state index in [4.69, 9.17) is 11.6 Å². The predicted molar refractivity (Wildman–Crippen MR) is 52.0 cm³/mol. The topological polar surface area (TPSA) is 58.1 Å². The molecule has 2 rings (SSSR count). The standard InChI is InChI=1S/C8H9ClN4O/c1-13-2-5-7(9)10-4-11-8(5)12-6(14)3-13/h4H,2-3H2,1H3,(H,10,11,12,14). The zero-order chi connectivity index (χ0) is 10.1. The van der Waals surface area contributed by atoms with Gasteiger partial charge in [-0.2, -0.15) is 0 Å². The highest BCUT2D eigenvalue weighted by atomic mass is 35.5. The van der Waals surface area contributed by atoms with Crippen LogP contribution in [0.25, 0.3) is 0 Å². The van der Waals surface area contributed by atoms with Crippen molar-refractivity contribution >= 4 is 23.3 Å². The Hall–Kier alpha value is -1.20. The number of hydrogen-bond acceptors (Lipinski definition) is 4. The van der Waals surface area contributed by atoms with Gasteiger partial charge < -0.3 is 5.32 Å². The summed E-state index contributed by atoms with van der Waals surface area (Å²) in [5.41, 5.74) is 0.766. The van der Waals surface area contributed by atoms with E-state index in [-0.39, 0.29) is 5.91 Å². The number of rotatable bonds is 0. The Labute approximate surface area is 86.1 Å². The molecule has 5 nitrogen and oxygen atoms in total. The first kappa shape index (κ1) is 9.36. The summed E-state index contributed by atoms with van der Waals surface area (Å²) in [6.07, 6.45) is 1.34. The fourth-order valence-electron chi connectivity index (χ4n) is 1.38. The van der Waals surface area contributed by atoms with Crippen LogP contribution in [0.15, 0.2) is 6.33 Å². The molecule has 1 aliphatic heterocycles. The lowest BCUT2D eigenvalue weighted by molar-refractivity contribution is -0.116. The summed E-state index contributed by atoms with van der Waals surface area (Å²) in [5, 5.41) is 3.07. The minimum absolute atomic E-state index is 0.0824. The molecule has 6 heteroatoms. The van der Waals surface area contributed by atoms with Gasteiger partial charge in [0.05, 0.1) is 6.54 Å². The molecule has 2 heterocycles. The number of carbonyl (C=O) groups excluding carboxylic acids is 1. The highest BCUT2D eigenvalue weighted by Gasteiger charge is 2.19. The maximum Gasteiger partial charge on any atom is 0.239 e. The largest absolute Gasteiger partial charge is 0.309 e. The highest BCUT2D eigenvalue weighted by Crippen LogP contribution is 2.22. The van der Waals surface area contributed by atoms with Crippen molar-refractivity contribution in [2.45, 2.75) is 6.54 Å². The molecular formula is C8H9ClN4O. The summed E-state index contributed by atoms with van der Waals surface area (Å²) in [4.78, 5) is 21.0. The minimum Gasteiger partial charge on any atom is -0.309 e. The van der Waals surface area contributed by atoms with Gasteiger partial charge in [0.2, 0.25) is 5.91 Å². The lowest BCUT2D eigenvalue weighted by atomic mass is 10.3. The molecule has 0 unspecified atom stereocenters. The summed E-state index contributed by atoms with van der Waals surface area (Å²) in [6, 6.07) is 0. The van der Waals surface area contributed by atoms with Crippen molar-refractivity contribution in [2.75, 3.05) is 18.9 Å². The average Bonchev–Trinajstić information content (AvgIpc) is 2.23. The maximum absolute atomic E-state index is 11.3. The molecule has 0 radical (unpaired) electrons. The Morgan fingerprint density at radius 1 is 1.50 bits per heavy atom. The summed E-state index contributed by atoms with van der Waals surface area (Å²) >= 11 is 5.90. The van der Waals surface area contributed by atoms with Crippen molar-refractivity contribution < 1.29 is 4.79 Å². The van der Waals surface area contributed by atoms with E-state index in [1.165, 1.54) is 6.33 Å². The number of likely N-dealkylation sites (N-methyl/N-ethyl adjacent to an activating group) is 1. The third kappa shape index (κ3) is 1.69. The van der Waals surface area contributed by atoms with Crippen LogP contribution in [0.4, 0.5) is 5.82 Å². The van der Waals surface area contributed by atoms with Crippen molar-refractivity contribution in [3.63, 3.8) is 0 Å². The number of halogens is 1. The second-order valence-electron chi connectivity index (χ2n) is 3.21. The Balaban J connectivity index is 2.46. The number of amides is 1. The number of fused-ring (bicyclic) bond motifs is 1. The van der Waals surface area contributed by atoms with E-state index in [0.29, 0.717) is 24.1 Å². The van der Waals surface area contributed by atoms with Gasteiger partial charge in [0.1, 0.15) is 17.3 Å². The third-order valence-corrected chi connectivity index (χ3v) is 2.32. The van der Waals surface area contributed by atoms with Crippen LogP contribution < -0.4 is 5.32 Å². The van der Waals surface area contributed by atoms with Gasteiger partial charge in [-0.05, 0) is 7.05 Å². The van der Waals surface area contributed by atoms with Gasteiger partial charge in [0.15, 0.2) is 0 Å². The van der Waals surface area contributed by atoms with Crippen LogP contribution in [0.3, 0.4) is 0 Å². The van der Waals surface area contributed by atoms with Crippen LogP contribution in [0.1, 0.15) is 5.56 Å². The van der Waals surface area contributed by atoms with Gasteiger partial charge in [0.25, 0.3) is 0 Å². The molecule has 1 aliphatic rings. The second-order valence-corrected chi connectivity index (χ2v) is 3.57. The van der Waals surface area contributed by atoms with Gasteiger partial charge in [-0.15, -0.1) is 0 Å². The molecule has 0 saturated carbocycles. The molecule has 1 amide bonds. The number of nitrogens with zero attached hydrogens (tertiary/aromatic N) is 3. The zero-order valence-electron chi connectivity index (χ0n) is 7.62.